The summed E-state index contributed by atoms with van der Waals surface area (Å²) in [6.45, 7) is 7.58. The van der Waals surface area contributed by atoms with Crippen LogP contribution in [0.15, 0.2) is 53.5 Å². The van der Waals surface area contributed by atoms with Crippen LogP contribution in [0.2, 0.25) is 0 Å². The maximum absolute atomic E-state index is 12.0. The molecule has 1 aliphatic rings. The van der Waals surface area contributed by atoms with Crippen LogP contribution in [0, 0.1) is 0 Å². The number of hydrogen-bond acceptors (Lipinski definition) is 3. The molecule has 0 fully saturated rings. The summed E-state index contributed by atoms with van der Waals surface area (Å²) < 4.78 is 6.14. The highest BCUT2D eigenvalue weighted by atomic mass is 16.5. The topological polar surface area (TPSA) is 66.0 Å². The molecule has 160 valence electrons. The maximum atomic E-state index is 12.0. The summed E-state index contributed by atoms with van der Waals surface area (Å²) in [7, 11) is 3.51. The quantitative estimate of drug-likeness (QED) is 0.584. The normalized spacial score (nSPS) is 17.5. The number of guanidine groups is 1. The van der Waals surface area contributed by atoms with Crippen molar-refractivity contribution < 1.29 is 9.53 Å². The zero-order valence-electron chi connectivity index (χ0n) is 18.5. The number of aliphatic imine (C=N–C) groups is 1. The number of carbonyl (C=O) groups is 1. The smallest absolute Gasteiger partial charge is 0.253 e. The van der Waals surface area contributed by atoms with E-state index >= 15 is 0 Å². The predicted octanol–water partition coefficient (Wildman–Crippen LogP) is 3.75. The van der Waals surface area contributed by atoms with Gasteiger partial charge in [-0.2, -0.15) is 0 Å². The minimum atomic E-state index is -0.252. The average Bonchev–Trinajstić information content (AvgIpc) is 2.71. The van der Waals surface area contributed by atoms with Gasteiger partial charge in [0, 0.05) is 38.2 Å². The molecule has 2 aromatic rings. The molecule has 0 saturated carbocycles. The summed E-state index contributed by atoms with van der Waals surface area (Å²) in [5.41, 5.74) is 2.63. The summed E-state index contributed by atoms with van der Waals surface area (Å²) >= 11 is 0. The fourth-order valence-electron chi connectivity index (χ4n) is 3.60. The third-order valence-corrected chi connectivity index (χ3v) is 5.06. The van der Waals surface area contributed by atoms with Gasteiger partial charge in [0.25, 0.3) is 5.91 Å². The van der Waals surface area contributed by atoms with Crippen molar-refractivity contribution in [3.8, 4) is 5.75 Å². The summed E-state index contributed by atoms with van der Waals surface area (Å²) in [5, 5.41) is 6.92. The Morgan fingerprint density at radius 1 is 1.17 bits per heavy atom. The van der Waals surface area contributed by atoms with Gasteiger partial charge in [-0.05, 0) is 44.5 Å². The van der Waals surface area contributed by atoms with Gasteiger partial charge >= 0.3 is 0 Å². The SMILES string of the molecule is CCNC(=NCc1ccc(C(=O)N(C)C)cc1)NC1CC(C)(C)Oc2ccccc21. The minimum Gasteiger partial charge on any atom is -0.487 e. The minimum absolute atomic E-state index is 0.000791. The van der Waals surface area contributed by atoms with Crippen molar-refractivity contribution in [1.82, 2.24) is 15.5 Å². The number of benzene rings is 2. The van der Waals surface area contributed by atoms with Crippen LogP contribution in [0.4, 0.5) is 0 Å². The van der Waals surface area contributed by atoms with Crippen LogP contribution >= 0.6 is 0 Å². The molecule has 0 aliphatic carbocycles. The lowest BCUT2D eigenvalue weighted by Gasteiger charge is -2.38. The molecule has 3 rings (SSSR count). The summed E-state index contributed by atoms with van der Waals surface area (Å²) in [5.74, 6) is 1.69. The van der Waals surface area contributed by atoms with Gasteiger partial charge in [-0.25, -0.2) is 4.99 Å². The molecule has 1 unspecified atom stereocenters. The highest BCUT2D eigenvalue weighted by Crippen LogP contribution is 2.39. The predicted molar refractivity (Wildman–Crippen MR) is 121 cm³/mol. The van der Waals surface area contributed by atoms with Crippen LogP contribution in [-0.2, 0) is 6.54 Å². The molecule has 0 spiro atoms. The molecule has 0 aromatic heterocycles. The van der Waals surface area contributed by atoms with Gasteiger partial charge in [-0.1, -0.05) is 30.3 Å². The van der Waals surface area contributed by atoms with Gasteiger partial charge in [-0.3, -0.25) is 4.79 Å². The summed E-state index contributed by atoms with van der Waals surface area (Å²) in [6, 6.07) is 15.9. The first-order chi connectivity index (χ1) is 14.3. The third-order valence-electron chi connectivity index (χ3n) is 5.06. The number of fused-ring (bicyclic) bond motifs is 1. The van der Waals surface area contributed by atoms with E-state index in [2.05, 4.69) is 37.5 Å². The van der Waals surface area contributed by atoms with Crippen LogP contribution in [0.3, 0.4) is 0 Å². The molecule has 1 atom stereocenters. The summed E-state index contributed by atoms with van der Waals surface area (Å²) in [6.07, 6.45) is 0.843. The molecule has 6 nitrogen and oxygen atoms in total. The second-order valence-electron chi connectivity index (χ2n) is 8.39. The molecular weight excluding hydrogens is 376 g/mol. The van der Waals surface area contributed by atoms with E-state index in [9.17, 15) is 4.79 Å². The average molecular weight is 409 g/mol. The van der Waals surface area contributed by atoms with Crippen LogP contribution < -0.4 is 15.4 Å². The molecule has 0 bridgehead atoms. The Bertz CT molecular complexity index is 904. The Morgan fingerprint density at radius 3 is 2.53 bits per heavy atom. The van der Waals surface area contributed by atoms with Gasteiger partial charge in [0.15, 0.2) is 5.96 Å². The standard InChI is InChI=1S/C24H32N4O2/c1-6-25-23(26-16-17-11-13-18(14-12-17)22(29)28(4)5)27-20-15-24(2,3)30-21-10-8-7-9-19(20)21/h7-14,20H,6,15-16H2,1-5H3,(H2,25,26,27). The van der Waals surface area contributed by atoms with E-state index in [1.165, 1.54) is 0 Å². The van der Waals surface area contributed by atoms with Crippen molar-refractivity contribution >= 4 is 11.9 Å². The summed E-state index contributed by atoms with van der Waals surface area (Å²) in [4.78, 5) is 18.4. The van der Waals surface area contributed by atoms with Crippen molar-refractivity contribution in [1.29, 1.82) is 0 Å². The Labute approximate surface area is 179 Å². The number of amides is 1. The van der Waals surface area contributed by atoms with Crippen molar-refractivity contribution in [3.63, 3.8) is 0 Å². The van der Waals surface area contributed by atoms with Gasteiger partial charge in [0.05, 0.1) is 12.6 Å². The van der Waals surface area contributed by atoms with E-state index in [-0.39, 0.29) is 17.6 Å². The molecule has 2 aromatic carbocycles. The zero-order chi connectivity index (χ0) is 21.7. The zero-order valence-corrected chi connectivity index (χ0v) is 18.5. The van der Waals surface area contributed by atoms with Gasteiger partial charge in [0.2, 0.25) is 0 Å². The van der Waals surface area contributed by atoms with E-state index in [4.69, 9.17) is 9.73 Å². The Balaban J connectivity index is 1.74. The molecule has 30 heavy (non-hydrogen) atoms. The Hall–Kier alpha value is -3.02. The molecule has 0 saturated heterocycles. The van der Waals surface area contributed by atoms with Gasteiger partial charge < -0.3 is 20.3 Å². The molecule has 0 radical (unpaired) electrons. The lowest BCUT2D eigenvalue weighted by Crippen LogP contribution is -2.45. The largest absolute Gasteiger partial charge is 0.487 e. The lowest BCUT2D eigenvalue weighted by molar-refractivity contribution is 0.0694. The highest BCUT2D eigenvalue weighted by Gasteiger charge is 2.33. The first-order valence-electron chi connectivity index (χ1n) is 10.4. The fourth-order valence-corrected chi connectivity index (χ4v) is 3.60. The van der Waals surface area contributed by atoms with Crippen LogP contribution in [0.25, 0.3) is 0 Å². The molecule has 6 heteroatoms. The van der Waals surface area contributed by atoms with E-state index < -0.39 is 0 Å². The second-order valence-corrected chi connectivity index (χ2v) is 8.39. The first-order valence-corrected chi connectivity index (χ1v) is 10.4. The van der Waals surface area contributed by atoms with Crippen molar-refractivity contribution in [3.05, 3.63) is 65.2 Å². The molecule has 1 aliphatic heterocycles. The molecular formula is C24H32N4O2. The van der Waals surface area contributed by atoms with Crippen molar-refractivity contribution in [2.75, 3.05) is 20.6 Å². The maximum Gasteiger partial charge on any atom is 0.253 e. The van der Waals surface area contributed by atoms with Crippen LogP contribution in [0.1, 0.15) is 54.7 Å². The van der Waals surface area contributed by atoms with Crippen molar-refractivity contribution in [2.45, 2.75) is 45.4 Å². The van der Waals surface area contributed by atoms with Crippen LogP contribution in [0.5, 0.6) is 5.75 Å². The Morgan fingerprint density at radius 2 is 1.87 bits per heavy atom. The van der Waals surface area contributed by atoms with E-state index in [0.717, 1.165) is 35.8 Å². The number of rotatable bonds is 5. The first kappa shape index (κ1) is 21.7. The highest BCUT2D eigenvalue weighted by molar-refractivity contribution is 5.93. The van der Waals surface area contributed by atoms with Gasteiger partial charge in [0.1, 0.15) is 11.4 Å². The Kier molecular flexibility index (Phi) is 6.65. The third kappa shape index (κ3) is 5.32. The molecule has 1 heterocycles. The second kappa shape index (κ2) is 9.20. The monoisotopic (exact) mass is 408 g/mol. The number of hydrogen-bond donors (Lipinski definition) is 2. The number of carbonyl (C=O) groups excluding carboxylic acids is 1. The number of ether oxygens (including phenoxy) is 1. The number of nitrogens with one attached hydrogen (secondary N) is 2. The van der Waals surface area contributed by atoms with Crippen LogP contribution in [-0.4, -0.2) is 43.0 Å². The van der Waals surface area contributed by atoms with E-state index in [1.807, 2.05) is 42.5 Å². The lowest BCUT2D eigenvalue weighted by atomic mass is 9.90. The number of nitrogens with zero attached hydrogens (tertiary/aromatic N) is 2. The van der Waals surface area contributed by atoms with E-state index in [0.29, 0.717) is 12.1 Å². The molecule has 1 amide bonds. The van der Waals surface area contributed by atoms with Crippen molar-refractivity contribution in [2.24, 2.45) is 4.99 Å². The fraction of sp³-hybridized carbons (Fsp3) is 0.417. The number of para-hydroxylation sites is 1. The van der Waals surface area contributed by atoms with E-state index in [1.54, 1.807) is 19.0 Å². The van der Waals surface area contributed by atoms with Gasteiger partial charge in [-0.15, -0.1) is 0 Å². The molecule has 2 N–H and O–H groups in total.